The molecule has 1 aromatic carbocycles. The summed E-state index contributed by atoms with van der Waals surface area (Å²) < 4.78 is 0. The van der Waals surface area contributed by atoms with Crippen LogP contribution in [-0.4, -0.2) is 11.5 Å². The zero-order valence-corrected chi connectivity index (χ0v) is 10.3. The lowest BCUT2D eigenvalue weighted by atomic mass is 10.2. The molecular formula is C15H12N4. The minimum atomic E-state index is 0.365. The van der Waals surface area contributed by atoms with Crippen LogP contribution in [0.4, 0.5) is 11.4 Å². The highest BCUT2D eigenvalue weighted by molar-refractivity contribution is 5.67. The van der Waals surface area contributed by atoms with E-state index >= 15 is 0 Å². The highest BCUT2D eigenvalue weighted by atomic mass is 15.1. The Morgan fingerprint density at radius 3 is 2.53 bits per heavy atom. The molecule has 19 heavy (non-hydrogen) atoms. The molecule has 0 aliphatic rings. The maximum absolute atomic E-state index is 9.14. The van der Waals surface area contributed by atoms with Crippen LogP contribution in [0.5, 0.6) is 0 Å². The Labute approximate surface area is 112 Å². The van der Waals surface area contributed by atoms with Gasteiger partial charge in [0.15, 0.2) is 5.69 Å². The summed E-state index contributed by atoms with van der Waals surface area (Å²) in [4.78, 5) is 6.01. The number of nitrogens with zero attached hydrogens (tertiary/aromatic N) is 4. The van der Waals surface area contributed by atoms with E-state index in [-0.39, 0.29) is 0 Å². The van der Waals surface area contributed by atoms with Gasteiger partial charge in [-0.25, -0.2) is 4.98 Å². The van der Waals surface area contributed by atoms with E-state index in [1.807, 2.05) is 41.3 Å². The second kappa shape index (κ2) is 6.18. The van der Waals surface area contributed by atoms with Crippen LogP contribution < -0.4 is 4.90 Å². The Kier molecular flexibility index (Phi) is 4.10. The van der Waals surface area contributed by atoms with Crippen LogP contribution in [0, 0.1) is 22.7 Å². The largest absolute Gasteiger partial charge is 0.338 e. The Morgan fingerprint density at radius 1 is 1.05 bits per heavy atom. The number of para-hydroxylation sites is 1. The van der Waals surface area contributed by atoms with Gasteiger partial charge < -0.3 is 4.90 Å². The van der Waals surface area contributed by atoms with Crippen molar-refractivity contribution in [2.45, 2.75) is 6.42 Å². The van der Waals surface area contributed by atoms with Crippen molar-refractivity contribution < 1.29 is 0 Å². The topological polar surface area (TPSA) is 63.7 Å². The number of pyridine rings is 1. The molecular weight excluding hydrogens is 236 g/mol. The lowest BCUT2D eigenvalue weighted by Crippen LogP contribution is -2.19. The normalized spacial score (nSPS) is 9.37. The van der Waals surface area contributed by atoms with Gasteiger partial charge in [-0.3, -0.25) is 0 Å². The molecule has 0 amide bonds. The van der Waals surface area contributed by atoms with Gasteiger partial charge in [0.2, 0.25) is 0 Å². The summed E-state index contributed by atoms with van der Waals surface area (Å²) in [5.74, 6) is 0. The summed E-state index contributed by atoms with van der Waals surface area (Å²) in [6.45, 7) is 0.529. The fraction of sp³-hybridized carbons (Fsp3) is 0.133. The predicted octanol–water partition coefficient (Wildman–Crippen LogP) is 3.01. The standard InChI is InChI=1S/C15H12N4/c16-9-5-11-19(13-6-2-1-3-7-13)15-8-4-10-18-14(15)12-17/h1-4,6-8,10H,5,11H2. The molecule has 0 fully saturated rings. The third-order valence-corrected chi connectivity index (χ3v) is 2.70. The minimum absolute atomic E-state index is 0.365. The molecule has 1 heterocycles. The number of benzene rings is 1. The Bertz CT molecular complexity index is 623. The average molecular weight is 248 g/mol. The number of anilines is 2. The summed E-state index contributed by atoms with van der Waals surface area (Å²) in [7, 11) is 0. The van der Waals surface area contributed by atoms with E-state index in [0.717, 1.165) is 11.4 Å². The van der Waals surface area contributed by atoms with Gasteiger partial charge in [0.1, 0.15) is 6.07 Å². The zero-order valence-electron chi connectivity index (χ0n) is 10.3. The molecule has 0 N–H and O–H groups in total. The summed E-state index contributed by atoms with van der Waals surface area (Å²) in [6, 6.07) is 17.5. The molecule has 2 rings (SSSR count). The first kappa shape index (κ1) is 12.6. The summed E-state index contributed by atoms with van der Waals surface area (Å²) in [5.41, 5.74) is 2.04. The van der Waals surface area contributed by atoms with Crippen LogP contribution >= 0.6 is 0 Å². The molecule has 4 heteroatoms. The SMILES string of the molecule is N#CCCN(c1ccccc1)c1cccnc1C#N. The van der Waals surface area contributed by atoms with Crippen molar-refractivity contribution in [3.05, 3.63) is 54.4 Å². The Morgan fingerprint density at radius 2 is 1.84 bits per heavy atom. The number of rotatable bonds is 4. The van der Waals surface area contributed by atoms with Gasteiger partial charge in [-0.2, -0.15) is 10.5 Å². The first-order valence-electron chi connectivity index (χ1n) is 5.91. The van der Waals surface area contributed by atoms with Crippen LogP contribution in [0.2, 0.25) is 0 Å². The fourth-order valence-electron chi connectivity index (χ4n) is 1.86. The Balaban J connectivity index is 2.44. The molecule has 0 unspecified atom stereocenters. The average Bonchev–Trinajstić information content (AvgIpc) is 2.49. The van der Waals surface area contributed by atoms with E-state index in [2.05, 4.69) is 17.1 Å². The molecule has 4 nitrogen and oxygen atoms in total. The first-order valence-corrected chi connectivity index (χ1v) is 5.91. The van der Waals surface area contributed by atoms with Crippen molar-refractivity contribution in [3.8, 4) is 12.1 Å². The summed E-state index contributed by atoms with van der Waals surface area (Å²) in [5, 5.41) is 17.9. The molecule has 0 aliphatic carbocycles. The van der Waals surface area contributed by atoms with Crippen LogP contribution in [0.3, 0.4) is 0 Å². The maximum atomic E-state index is 9.14. The number of hydrogen-bond donors (Lipinski definition) is 0. The molecule has 92 valence electrons. The van der Waals surface area contributed by atoms with Gasteiger partial charge in [-0.15, -0.1) is 0 Å². The molecule has 0 saturated heterocycles. The number of nitriles is 2. The summed E-state index contributed by atoms with van der Waals surface area (Å²) in [6.07, 6.45) is 1.98. The fourth-order valence-corrected chi connectivity index (χ4v) is 1.86. The van der Waals surface area contributed by atoms with Crippen molar-refractivity contribution in [1.82, 2.24) is 4.98 Å². The molecule has 0 aliphatic heterocycles. The van der Waals surface area contributed by atoms with E-state index in [1.54, 1.807) is 12.3 Å². The number of aromatic nitrogens is 1. The minimum Gasteiger partial charge on any atom is -0.338 e. The second-order valence-corrected chi connectivity index (χ2v) is 3.88. The quantitative estimate of drug-likeness (QED) is 0.834. The van der Waals surface area contributed by atoms with Gasteiger partial charge in [0, 0.05) is 18.4 Å². The third-order valence-electron chi connectivity index (χ3n) is 2.70. The molecule has 2 aromatic rings. The van der Waals surface area contributed by atoms with E-state index in [4.69, 9.17) is 10.5 Å². The second-order valence-electron chi connectivity index (χ2n) is 3.88. The van der Waals surface area contributed by atoms with Crippen LogP contribution in [0.1, 0.15) is 12.1 Å². The lowest BCUT2D eigenvalue weighted by molar-refractivity contribution is 0.940. The molecule has 1 aromatic heterocycles. The highest BCUT2D eigenvalue weighted by Gasteiger charge is 2.13. The van der Waals surface area contributed by atoms with Crippen LogP contribution in [0.25, 0.3) is 0 Å². The van der Waals surface area contributed by atoms with E-state index < -0.39 is 0 Å². The smallest absolute Gasteiger partial charge is 0.164 e. The van der Waals surface area contributed by atoms with Gasteiger partial charge >= 0.3 is 0 Å². The van der Waals surface area contributed by atoms with Crippen LogP contribution in [-0.2, 0) is 0 Å². The van der Waals surface area contributed by atoms with E-state index in [0.29, 0.717) is 18.7 Å². The van der Waals surface area contributed by atoms with Crippen molar-refractivity contribution in [1.29, 1.82) is 10.5 Å². The molecule has 0 radical (unpaired) electrons. The van der Waals surface area contributed by atoms with Gasteiger partial charge in [-0.1, -0.05) is 18.2 Å². The zero-order chi connectivity index (χ0) is 13.5. The first-order chi connectivity index (χ1) is 9.36. The summed E-state index contributed by atoms with van der Waals surface area (Å²) >= 11 is 0. The number of hydrogen-bond acceptors (Lipinski definition) is 4. The third kappa shape index (κ3) is 2.88. The molecule has 0 bridgehead atoms. The maximum Gasteiger partial charge on any atom is 0.164 e. The molecule has 0 atom stereocenters. The van der Waals surface area contributed by atoms with Gasteiger partial charge in [0.05, 0.1) is 18.2 Å². The van der Waals surface area contributed by atoms with Gasteiger partial charge in [-0.05, 0) is 24.3 Å². The van der Waals surface area contributed by atoms with Crippen LogP contribution in [0.15, 0.2) is 48.7 Å². The van der Waals surface area contributed by atoms with E-state index in [1.165, 1.54) is 0 Å². The van der Waals surface area contributed by atoms with E-state index in [9.17, 15) is 0 Å². The monoisotopic (exact) mass is 248 g/mol. The van der Waals surface area contributed by atoms with Crippen molar-refractivity contribution >= 4 is 11.4 Å². The lowest BCUT2D eigenvalue weighted by Gasteiger charge is -2.24. The van der Waals surface area contributed by atoms with Crippen molar-refractivity contribution in [2.75, 3.05) is 11.4 Å². The molecule has 0 spiro atoms. The highest BCUT2D eigenvalue weighted by Crippen LogP contribution is 2.27. The van der Waals surface area contributed by atoms with Crippen molar-refractivity contribution in [3.63, 3.8) is 0 Å². The van der Waals surface area contributed by atoms with Gasteiger partial charge in [0.25, 0.3) is 0 Å². The van der Waals surface area contributed by atoms with Crippen molar-refractivity contribution in [2.24, 2.45) is 0 Å². The molecule has 0 saturated carbocycles. The predicted molar refractivity (Wildman–Crippen MR) is 72.6 cm³/mol. The Hall–Kier alpha value is -2.85.